The molecule has 0 saturated heterocycles. The Hall–Kier alpha value is -0.290. The quantitative estimate of drug-likeness (QED) is 0.863. The topological polar surface area (TPSA) is 54.4 Å². The van der Waals surface area contributed by atoms with Gasteiger partial charge in [-0.15, -0.1) is 11.6 Å². The minimum atomic E-state index is -3.47. The lowest BCUT2D eigenvalue weighted by Crippen LogP contribution is -2.24. The van der Waals surface area contributed by atoms with Gasteiger partial charge in [-0.25, -0.2) is 8.42 Å². The third-order valence-corrected chi connectivity index (χ3v) is 5.26. The van der Waals surface area contributed by atoms with Crippen molar-refractivity contribution in [3.8, 4) is 0 Å². The first-order valence-electron chi connectivity index (χ1n) is 4.67. The molecule has 0 fully saturated rings. The Labute approximate surface area is 105 Å². The van der Waals surface area contributed by atoms with Gasteiger partial charge in [0.15, 0.2) is 14.5 Å². The average Bonchev–Trinajstić information content (AvgIpc) is 2.28. The Morgan fingerprint density at radius 2 is 1.81 bits per heavy atom. The van der Waals surface area contributed by atoms with Crippen LogP contribution in [0.5, 0.6) is 0 Å². The van der Waals surface area contributed by atoms with Crippen LogP contribution in [0.1, 0.15) is 18.6 Å². The highest BCUT2D eigenvalue weighted by atomic mass is 35.5. The standard InChI is InChI=1S/C10H12Cl2O3S/c1-2-16(14,15)10(12)9(13)7-3-5-8(11)6-4-7/h3-6,9-10,13H,2H2,1H3/t9-,10+/m0/s1. The summed E-state index contributed by atoms with van der Waals surface area (Å²) in [7, 11) is -3.47. The molecule has 2 atom stereocenters. The second kappa shape index (κ2) is 5.36. The summed E-state index contributed by atoms with van der Waals surface area (Å²) >= 11 is 11.4. The molecular formula is C10H12Cl2O3S. The lowest BCUT2D eigenvalue weighted by molar-refractivity contribution is 0.191. The van der Waals surface area contributed by atoms with E-state index < -0.39 is 20.7 Å². The van der Waals surface area contributed by atoms with Crippen molar-refractivity contribution in [1.29, 1.82) is 0 Å². The Morgan fingerprint density at radius 3 is 2.25 bits per heavy atom. The number of sulfone groups is 1. The summed E-state index contributed by atoms with van der Waals surface area (Å²) in [6.45, 7) is 1.49. The van der Waals surface area contributed by atoms with Gasteiger partial charge in [-0.3, -0.25) is 0 Å². The zero-order valence-electron chi connectivity index (χ0n) is 8.60. The fraction of sp³-hybridized carbons (Fsp3) is 0.400. The van der Waals surface area contributed by atoms with Crippen molar-refractivity contribution in [2.24, 2.45) is 0 Å². The molecule has 1 aromatic rings. The minimum absolute atomic E-state index is 0.105. The Bertz CT molecular complexity index is 442. The number of hydrogen-bond acceptors (Lipinski definition) is 3. The fourth-order valence-corrected chi connectivity index (χ4v) is 2.68. The highest BCUT2D eigenvalue weighted by molar-refractivity contribution is 7.93. The van der Waals surface area contributed by atoms with Crippen LogP contribution in [-0.4, -0.2) is 24.0 Å². The SMILES string of the molecule is CCS(=O)(=O)[C@@H](Cl)[C@@H](O)c1ccc(Cl)cc1. The zero-order chi connectivity index (χ0) is 12.3. The predicted molar refractivity (Wildman–Crippen MR) is 65.5 cm³/mol. The van der Waals surface area contributed by atoms with E-state index >= 15 is 0 Å². The van der Waals surface area contributed by atoms with Crippen molar-refractivity contribution >= 4 is 33.0 Å². The molecule has 1 N–H and O–H groups in total. The predicted octanol–water partition coefficient (Wildman–Crippen LogP) is 2.37. The second-order valence-electron chi connectivity index (χ2n) is 3.30. The first kappa shape index (κ1) is 13.8. The molecule has 0 aromatic heterocycles. The van der Waals surface area contributed by atoms with E-state index in [4.69, 9.17) is 23.2 Å². The van der Waals surface area contributed by atoms with Crippen LogP contribution in [0.2, 0.25) is 5.02 Å². The molecule has 6 heteroatoms. The normalized spacial score (nSPS) is 15.8. The number of aliphatic hydroxyl groups is 1. The van der Waals surface area contributed by atoms with E-state index in [-0.39, 0.29) is 5.75 Å². The van der Waals surface area contributed by atoms with E-state index in [1.165, 1.54) is 6.92 Å². The Kier molecular flexibility index (Phi) is 4.62. The number of rotatable bonds is 4. The molecule has 0 aliphatic rings. The molecule has 3 nitrogen and oxygen atoms in total. The Balaban J connectivity index is 2.94. The van der Waals surface area contributed by atoms with Crippen molar-refractivity contribution in [3.05, 3.63) is 34.9 Å². The minimum Gasteiger partial charge on any atom is -0.386 e. The molecule has 0 amide bonds. The number of benzene rings is 1. The van der Waals surface area contributed by atoms with E-state index in [2.05, 4.69) is 0 Å². The van der Waals surface area contributed by atoms with Crippen LogP contribution < -0.4 is 0 Å². The van der Waals surface area contributed by atoms with Crippen molar-refractivity contribution < 1.29 is 13.5 Å². The summed E-state index contributed by atoms with van der Waals surface area (Å²) in [4.78, 5) is 0. The maximum absolute atomic E-state index is 11.5. The first-order chi connectivity index (χ1) is 7.38. The number of halogens is 2. The van der Waals surface area contributed by atoms with Crippen LogP contribution in [0.15, 0.2) is 24.3 Å². The van der Waals surface area contributed by atoms with Gasteiger partial charge >= 0.3 is 0 Å². The highest BCUT2D eigenvalue weighted by Crippen LogP contribution is 2.26. The van der Waals surface area contributed by atoms with Gasteiger partial charge in [0.25, 0.3) is 0 Å². The van der Waals surface area contributed by atoms with E-state index in [1.807, 2.05) is 0 Å². The summed E-state index contributed by atoms with van der Waals surface area (Å²) in [6.07, 6.45) is -1.25. The molecule has 90 valence electrons. The third kappa shape index (κ3) is 3.10. The van der Waals surface area contributed by atoms with Gasteiger partial charge in [-0.05, 0) is 17.7 Å². The molecule has 0 aliphatic carbocycles. The number of alkyl halides is 1. The lowest BCUT2D eigenvalue weighted by atomic mass is 10.1. The third-order valence-electron chi connectivity index (χ3n) is 2.21. The van der Waals surface area contributed by atoms with Gasteiger partial charge in [0, 0.05) is 10.8 Å². The van der Waals surface area contributed by atoms with Crippen LogP contribution >= 0.6 is 23.2 Å². The highest BCUT2D eigenvalue weighted by Gasteiger charge is 2.29. The smallest absolute Gasteiger partial charge is 0.169 e. The molecule has 0 saturated carbocycles. The van der Waals surface area contributed by atoms with Crippen molar-refractivity contribution in [2.75, 3.05) is 5.75 Å². The summed E-state index contributed by atoms with van der Waals surface area (Å²) < 4.78 is 21.6. The van der Waals surface area contributed by atoms with E-state index in [0.717, 1.165) is 0 Å². The summed E-state index contributed by atoms with van der Waals surface area (Å²) in [5.74, 6) is -0.105. The number of aliphatic hydroxyl groups excluding tert-OH is 1. The molecule has 0 aliphatic heterocycles. The van der Waals surface area contributed by atoms with Crippen LogP contribution in [0.3, 0.4) is 0 Å². The summed E-state index contributed by atoms with van der Waals surface area (Å²) in [5.41, 5.74) is 0.432. The molecule has 1 aromatic carbocycles. The molecule has 1 rings (SSSR count). The van der Waals surface area contributed by atoms with E-state index in [9.17, 15) is 13.5 Å². The van der Waals surface area contributed by atoms with Gasteiger partial charge in [-0.1, -0.05) is 30.7 Å². The van der Waals surface area contributed by atoms with Crippen LogP contribution in [0.4, 0.5) is 0 Å². The second-order valence-corrected chi connectivity index (χ2v) is 6.88. The van der Waals surface area contributed by atoms with Gasteiger partial charge in [-0.2, -0.15) is 0 Å². The molecular weight excluding hydrogens is 271 g/mol. The molecule has 0 unspecified atom stereocenters. The van der Waals surface area contributed by atoms with E-state index in [0.29, 0.717) is 10.6 Å². The summed E-state index contributed by atoms with van der Waals surface area (Å²) in [5, 5.41) is 10.3. The van der Waals surface area contributed by atoms with Gasteiger partial charge in [0.2, 0.25) is 0 Å². The van der Waals surface area contributed by atoms with Crippen LogP contribution in [-0.2, 0) is 9.84 Å². The maximum Gasteiger partial charge on any atom is 0.169 e. The maximum atomic E-state index is 11.5. The molecule has 0 spiro atoms. The molecule has 0 radical (unpaired) electrons. The number of hydrogen-bond donors (Lipinski definition) is 1. The lowest BCUT2D eigenvalue weighted by Gasteiger charge is -2.16. The molecule has 0 bridgehead atoms. The molecule has 0 heterocycles. The van der Waals surface area contributed by atoms with Crippen molar-refractivity contribution in [1.82, 2.24) is 0 Å². The fourth-order valence-electron chi connectivity index (χ4n) is 1.17. The van der Waals surface area contributed by atoms with Crippen molar-refractivity contribution in [3.63, 3.8) is 0 Å². The summed E-state index contributed by atoms with van der Waals surface area (Å²) in [6, 6.07) is 6.24. The first-order valence-corrected chi connectivity index (χ1v) is 7.20. The van der Waals surface area contributed by atoms with Gasteiger partial charge in [0.1, 0.15) is 6.10 Å². The largest absolute Gasteiger partial charge is 0.386 e. The Morgan fingerprint density at radius 1 is 1.31 bits per heavy atom. The van der Waals surface area contributed by atoms with Crippen LogP contribution in [0, 0.1) is 0 Å². The van der Waals surface area contributed by atoms with Gasteiger partial charge in [0.05, 0.1) is 0 Å². The monoisotopic (exact) mass is 282 g/mol. The van der Waals surface area contributed by atoms with Crippen molar-refractivity contribution in [2.45, 2.75) is 17.7 Å². The van der Waals surface area contributed by atoms with Gasteiger partial charge < -0.3 is 5.11 Å². The van der Waals surface area contributed by atoms with Crippen LogP contribution in [0.25, 0.3) is 0 Å². The molecule has 16 heavy (non-hydrogen) atoms. The van der Waals surface area contributed by atoms with E-state index in [1.54, 1.807) is 24.3 Å². The zero-order valence-corrected chi connectivity index (χ0v) is 10.9. The average molecular weight is 283 g/mol.